The highest BCUT2D eigenvalue weighted by molar-refractivity contribution is 6.40. The lowest BCUT2D eigenvalue weighted by Crippen LogP contribution is -2.13. The van der Waals surface area contributed by atoms with E-state index in [0.29, 0.717) is 27.8 Å². The molecule has 184 valence electrons. The first-order valence-electron chi connectivity index (χ1n) is 10.9. The van der Waals surface area contributed by atoms with Crippen molar-refractivity contribution >= 4 is 80.6 Å². The first kappa shape index (κ1) is 25.1. The second-order valence-electron chi connectivity index (χ2n) is 8.02. The van der Waals surface area contributed by atoms with Gasteiger partial charge in [-0.2, -0.15) is 0 Å². The zero-order valence-corrected chi connectivity index (χ0v) is 21.8. The van der Waals surface area contributed by atoms with E-state index in [4.69, 9.17) is 46.4 Å². The van der Waals surface area contributed by atoms with Crippen LogP contribution in [-0.4, -0.2) is 21.8 Å². The molecule has 1 heterocycles. The lowest BCUT2D eigenvalue weighted by Gasteiger charge is -2.08. The smallest absolute Gasteiger partial charge is 0.258 e. The van der Waals surface area contributed by atoms with E-state index >= 15 is 0 Å². The molecule has 0 fully saturated rings. The molecule has 1 aromatic heterocycles. The van der Waals surface area contributed by atoms with Crippen LogP contribution >= 0.6 is 46.4 Å². The van der Waals surface area contributed by atoms with Crippen LogP contribution in [0.5, 0.6) is 0 Å². The van der Waals surface area contributed by atoms with Crippen LogP contribution in [0.3, 0.4) is 0 Å². The Kier molecular flexibility index (Phi) is 7.09. The van der Waals surface area contributed by atoms with Crippen molar-refractivity contribution in [3.63, 3.8) is 0 Å². The van der Waals surface area contributed by atoms with Gasteiger partial charge >= 0.3 is 0 Å². The van der Waals surface area contributed by atoms with Crippen LogP contribution in [0.2, 0.25) is 20.1 Å². The number of H-pyrrole nitrogens is 1. The summed E-state index contributed by atoms with van der Waals surface area (Å²) < 4.78 is 0. The highest BCUT2D eigenvalue weighted by Crippen LogP contribution is 2.28. The fourth-order valence-corrected chi connectivity index (χ4v) is 4.78. The number of halogens is 4. The predicted molar refractivity (Wildman–Crippen MR) is 150 cm³/mol. The van der Waals surface area contributed by atoms with E-state index < -0.39 is 5.91 Å². The van der Waals surface area contributed by atoms with Crippen molar-refractivity contribution in [3.05, 3.63) is 110 Å². The third kappa shape index (κ3) is 5.43. The fraction of sp³-hybridized carbons (Fsp3) is 0. The summed E-state index contributed by atoms with van der Waals surface area (Å²) in [7, 11) is 0. The number of rotatable bonds is 5. The number of amides is 2. The van der Waals surface area contributed by atoms with E-state index in [9.17, 15) is 9.59 Å². The number of anilines is 2. The Morgan fingerprint density at radius 1 is 0.703 bits per heavy atom. The molecule has 5 rings (SSSR count). The zero-order chi connectivity index (χ0) is 26.1. The van der Waals surface area contributed by atoms with Crippen LogP contribution in [0.4, 0.5) is 11.4 Å². The standard InChI is InChI=1S/C27H16Cl4N4O2/c28-15-6-10-18(21(31)12-15)26(36)33-17-9-11-22-23(13-17)35-25(34-22)14-4-7-16(8-5-14)32-27(37)24-19(29)2-1-3-20(24)30/h1-13H,(H,32,37)(H,33,36)(H,34,35). The molecule has 0 spiro atoms. The summed E-state index contributed by atoms with van der Waals surface area (Å²) in [6, 6.07) is 22.1. The minimum Gasteiger partial charge on any atom is -0.338 e. The molecule has 6 nitrogen and oxygen atoms in total. The average Bonchev–Trinajstić information content (AvgIpc) is 3.28. The largest absolute Gasteiger partial charge is 0.338 e. The Balaban J connectivity index is 1.32. The number of fused-ring (bicyclic) bond motifs is 1. The predicted octanol–water partition coefficient (Wildman–Crippen LogP) is 8.35. The van der Waals surface area contributed by atoms with Crippen LogP contribution in [0, 0.1) is 0 Å². The number of carbonyl (C=O) groups is 2. The summed E-state index contributed by atoms with van der Waals surface area (Å²) in [6.07, 6.45) is 0. The quantitative estimate of drug-likeness (QED) is 0.199. The number of imidazole rings is 1. The summed E-state index contributed by atoms with van der Waals surface area (Å²) in [6.45, 7) is 0. The van der Waals surface area contributed by atoms with Gasteiger partial charge in [0, 0.05) is 22.0 Å². The summed E-state index contributed by atoms with van der Waals surface area (Å²) >= 11 is 24.3. The van der Waals surface area contributed by atoms with E-state index in [1.54, 1.807) is 60.7 Å². The highest BCUT2D eigenvalue weighted by atomic mass is 35.5. The second kappa shape index (κ2) is 10.4. The number of hydrogen-bond acceptors (Lipinski definition) is 3. The van der Waals surface area contributed by atoms with Gasteiger partial charge in [0.15, 0.2) is 0 Å². The fourth-order valence-electron chi connectivity index (χ4n) is 3.72. The maximum Gasteiger partial charge on any atom is 0.258 e. The maximum atomic E-state index is 12.6. The number of hydrogen-bond donors (Lipinski definition) is 3. The third-order valence-electron chi connectivity index (χ3n) is 5.52. The van der Waals surface area contributed by atoms with Crippen molar-refractivity contribution in [2.45, 2.75) is 0 Å². The van der Waals surface area contributed by atoms with Gasteiger partial charge < -0.3 is 15.6 Å². The molecule has 10 heteroatoms. The number of carbonyl (C=O) groups excluding carboxylic acids is 2. The van der Waals surface area contributed by atoms with Gasteiger partial charge in [0.25, 0.3) is 11.8 Å². The van der Waals surface area contributed by atoms with Gasteiger partial charge in [-0.05, 0) is 72.8 Å². The summed E-state index contributed by atoms with van der Waals surface area (Å²) in [5.74, 6) is -0.121. The monoisotopic (exact) mass is 568 g/mol. The van der Waals surface area contributed by atoms with Gasteiger partial charge in [0.1, 0.15) is 5.82 Å². The van der Waals surface area contributed by atoms with E-state index in [-0.39, 0.29) is 26.5 Å². The molecule has 0 radical (unpaired) electrons. The molecular formula is C27H16Cl4N4O2. The van der Waals surface area contributed by atoms with Crippen molar-refractivity contribution < 1.29 is 9.59 Å². The Bertz CT molecular complexity index is 1650. The molecule has 0 bridgehead atoms. The van der Waals surface area contributed by atoms with Crippen LogP contribution in [0.25, 0.3) is 22.4 Å². The van der Waals surface area contributed by atoms with Crippen molar-refractivity contribution in [3.8, 4) is 11.4 Å². The van der Waals surface area contributed by atoms with Crippen molar-refractivity contribution in [2.24, 2.45) is 0 Å². The average molecular weight is 570 g/mol. The first-order chi connectivity index (χ1) is 17.8. The van der Waals surface area contributed by atoms with Crippen LogP contribution in [-0.2, 0) is 0 Å². The molecule has 2 amide bonds. The molecule has 0 aliphatic carbocycles. The van der Waals surface area contributed by atoms with Crippen molar-refractivity contribution in [1.82, 2.24) is 9.97 Å². The summed E-state index contributed by atoms with van der Waals surface area (Å²) in [5, 5.41) is 6.90. The Hall–Kier alpha value is -3.55. The molecule has 0 unspecified atom stereocenters. The zero-order valence-electron chi connectivity index (χ0n) is 18.8. The van der Waals surface area contributed by atoms with Crippen LogP contribution < -0.4 is 10.6 Å². The number of aromatic amines is 1. The number of nitrogens with one attached hydrogen (secondary N) is 3. The molecule has 0 aliphatic rings. The van der Waals surface area contributed by atoms with E-state index in [0.717, 1.165) is 16.6 Å². The van der Waals surface area contributed by atoms with Gasteiger partial charge in [-0.15, -0.1) is 0 Å². The maximum absolute atomic E-state index is 12.6. The molecule has 3 N–H and O–H groups in total. The van der Waals surface area contributed by atoms with Gasteiger partial charge in [-0.1, -0.05) is 52.5 Å². The van der Waals surface area contributed by atoms with E-state index in [2.05, 4.69) is 20.6 Å². The Labute approximate surface area is 231 Å². The van der Waals surface area contributed by atoms with E-state index in [1.807, 2.05) is 12.1 Å². The van der Waals surface area contributed by atoms with Gasteiger partial charge in [0.2, 0.25) is 0 Å². The minimum atomic E-state index is -0.401. The van der Waals surface area contributed by atoms with Gasteiger partial charge in [0.05, 0.1) is 37.2 Å². The second-order valence-corrected chi connectivity index (χ2v) is 9.68. The van der Waals surface area contributed by atoms with Crippen molar-refractivity contribution in [2.75, 3.05) is 10.6 Å². The number of aromatic nitrogens is 2. The van der Waals surface area contributed by atoms with E-state index in [1.165, 1.54) is 6.07 Å². The SMILES string of the molecule is O=C(Nc1ccc2nc(-c3ccc(NC(=O)c4c(Cl)cccc4Cl)cc3)[nH]c2c1)c1ccc(Cl)cc1Cl. The molecule has 37 heavy (non-hydrogen) atoms. The summed E-state index contributed by atoms with van der Waals surface area (Å²) in [4.78, 5) is 33.1. The van der Waals surface area contributed by atoms with Gasteiger partial charge in [-0.25, -0.2) is 4.98 Å². The van der Waals surface area contributed by atoms with Gasteiger partial charge in [-0.3, -0.25) is 9.59 Å². The molecule has 5 aromatic rings. The van der Waals surface area contributed by atoms with Crippen molar-refractivity contribution in [1.29, 1.82) is 0 Å². The van der Waals surface area contributed by atoms with Crippen LogP contribution in [0.1, 0.15) is 20.7 Å². The molecular weight excluding hydrogens is 554 g/mol. The lowest BCUT2D eigenvalue weighted by molar-refractivity contribution is 0.101. The number of benzene rings is 4. The van der Waals surface area contributed by atoms with Crippen LogP contribution in [0.15, 0.2) is 78.9 Å². The molecule has 0 saturated heterocycles. The molecule has 0 atom stereocenters. The third-order valence-corrected chi connectivity index (χ3v) is 6.70. The topological polar surface area (TPSA) is 86.9 Å². The molecule has 0 saturated carbocycles. The highest BCUT2D eigenvalue weighted by Gasteiger charge is 2.15. The minimum absolute atomic E-state index is 0.216. The Morgan fingerprint density at radius 2 is 1.38 bits per heavy atom. The normalized spacial score (nSPS) is 10.9. The lowest BCUT2D eigenvalue weighted by atomic mass is 10.1. The first-order valence-corrected chi connectivity index (χ1v) is 12.4. The molecule has 0 aliphatic heterocycles. The summed E-state index contributed by atoms with van der Waals surface area (Å²) in [5.41, 5.74) is 3.96. The molecule has 4 aromatic carbocycles. The Morgan fingerprint density at radius 3 is 2.08 bits per heavy atom. The number of nitrogens with zero attached hydrogens (tertiary/aromatic N) is 1.